The van der Waals surface area contributed by atoms with Crippen molar-refractivity contribution in [2.45, 2.75) is 26.3 Å². The number of likely N-dealkylation sites (tertiary alicyclic amines) is 1. The molecule has 1 aliphatic rings. The van der Waals surface area contributed by atoms with Crippen LogP contribution in [-0.2, 0) is 18.4 Å². The van der Waals surface area contributed by atoms with E-state index in [1.807, 2.05) is 14.0 Å². The van der Waals surface area contributed by atoms with Crippen molar-refractivity contribution in [1.82, 2.24) is 14.7 Å². The van der Waals surface area contributed by atoms with Crippen LogP contribution in [-0.4, -0.2) is 38.8 Å². The highest BCUT2D eigenvalue weighted by atomic mass is 35.5. The first-order valence-electron chi connectivity index (χ1n) is 6.12. The number of nitrogens with zero attached hydrogens (tertiary/aromatic N) is 3. The van der Waals surface area contributed by atoms with E-state index in [4.69, 9.17) is 16.7 Å². The smallest absolute Gasteiger partial charge is 0.307 e. The molecule has 0 aliphatic carbocycles. The minimum Gasteiger partial charge on any atom is -0.481 e. The van der Waals surface area contributed by atoms with Crippen LogP contribution in [0.25, 0.3) is 0 Å². The number of piperidine rings is 1. The summed E-state index contributed by atoms with van der Waals surface area (Å²) in [6, 6.07) is 0. The topological polar surface area (TPSA) is 58.4 Å². The number of hydrogen-bond donors (Lipinski definition) is 1. The molecular formula is C12H18ClN3O2. The van der Waals surface area contributed by atoms with Gasteiger partial charge in [0.05, 0.1) is 22.3 Å². The van der Waals surface area contributed by atoms with Gasteiger partial charge in [0, 0.05) is 20.1 Å². The zero-order valence-electron chi connectivity index (χ0n) is 10.7. The highest BCUT2D eigenvalue weighted by Gasteiger charge is 2.26. The van der Waals surface area contributed by atoms with Crippen molar-refractivity contribution in [2.75, 3.05) is 13.1 Å². The third-order valence-electron chi connectivity index (χ3n) is 3.49. The van der Waals surface area contributed by atoms with Gasteiger partial charge in [0.15, 0.2) is 0 Å². The molecule has 1 saturated heterocycles. The normalized spacial score (nSPS) is 21.2. The fourth-order valence-corrected chi connectivity index (χ4v) is 2.68. The van der Waals surface area contributed by atoms with Gasteiger partial charge in [0.25, 0.3) is 0 Å². The van der Waals surface area contributed by atoms with Gasteiger partial charge in [0.1, 0.15) is 0 Å². The second kappa shape index (κ2) is 5.28. The summed E-state index contributed by atoms with van der Waals surface area (Å²) >= 11 is 6.21. The molecule has 1 atom stereocenters. The SMILES string of the molecule is Cc1nn(C)c(CN2CCCC(C(=O)O)C2)c1Cl. The summed E-state index contributed by atoms with van der Waals surface area (Å²) in [5.41, 5.74) is 1.78. The molecular weight excluding hydrogens is 254 g/mol. The second-order valence-electron chi connectivity index (χ2n) is 4.88. The number of carboxylic acid groups (broad SMARTS) is 1. The molecule has 1 aromatic heterocycles. The monoisotopic (exact) mass is 271 g/mol. The lowest BCUT2D eigenvalue weighted by molar-refractivity contribution is -0.143. The van der Waals surface area contributed by atoms with Crippen LogP contribution >= 0.6 is 11.6 Å². The molecule has 0 amide bonds. The minimum absolute atomic E-state index is 0.258. The Labute approximate surface area is 111 Å². The van der Waals surface area contributed by atoms with E-state index >= 15 is 0 Å². The summed E-state index contributed by atoms with van der Waals surface area (Å²) in [6.07, 6.45) is 1.69. The molecule has 1 aliphatic heterocycles. The fourth-order valence-electron chi connectivity index (χ4n) is 2.46. The van der Waals surface area contributed by atoms with Crippen molar-refractivity contribution in [3.05, 3.63) is 16.4 Å². The Morgan fingerprint density at radius 2 is 2.33 bits per heavy atom. The number of halogens is 1. The first kappa shape index (κ1) is 13.4. The van der Waals surface area contributed by atoms with Crippen LogP contribution in [0.2, 0.25) is 5.02 Å². The van der Waals surface area contributed by atoms with Crippen LogP contribution in [0, 0.1) is 12.8 Å². The Balaban J connectivity index is 2.07. The van der Waals surface area contributed by atoms with Gasteiger partial charge in [-0.1, -0.05) is 11.6 Å². The molecule has 0 saturated carbocycles. The van der Waals surface area contributed by atoms with Crippen LogP contribution in [0.5, 0.6) is 0 Å². The van der Waals surface area contributed by atoms with E-state index < -0.39 is 5.97 Å². The van der Waals surface area contributed by atoms with Crippen LogP contribution in [0.15, 0.2) is 0 Å². The van der Waals surface area contributed by atoms with Gasteiger partial charge in [-0.05, 0) is 26.3 Å². The fraction of sp³-hybridized carbons (Fsp3) is 0.667. The van der Waals surface area contributed by atoms with Gasteiger partial charge >= 0.3 is 5.97 Å². The Hall–Kier alpha value is -1.07. The minimum atomic E-state index is -0.702. The first-order chi connectivity index (χ1) is 8.49. The van der Waals surface area contributed by atoms with Crippen LogP contribution in [0.1, 0.15) is 24.2 Å². The lowest BCUT2D eigenvalue weighted by atomic mass is 9.98. The molecule has 0 bridgehead atoms. The molecule has 18 heavy (non-hydrogen) atoms. The predicted octanol–water partition coefficient (Wildman–Crippen LogP) is 1.68. The molecule has 100 valence electrons. The second-order valence-corrected chi connectivity index (χ2v) is 5.26. The quantitative estimate of drug-likeness (QED) is 0.909. The number of aliphatic carboxylic acids is 1. The van der Waals surface area contributed by atoms with Crippen molar-refractivity contribution < 1.29 is 9.90 Å². The standard InChI is InChI=1S/C12H18ClN3O2/c1-8-11(13)10(15(2)14-8)7-16-5-3-4-9(6-16)12(17)18/h9H,3-7H2,1-2H3,(H,17,18). The highest BCUT2D eigenvalue weighted by Crippen LogP contribution is 2.24. The van der Waals surface area contributed by atoms with E-state index in [-0.39, 0.29) is 5.92 Å². The van der Waals surface area contributed by atoms with Crippen LogP contribution in [0.4, 0.5) is 0 Å². The van der Waals surface area contributed by atoms with E-state index in [1.165, 1.54) is 0 Å². The van der Waals surface area contributed by atoms with Gasteiger partial charge in [-0.25, -0.2) is 0 Å². The van der Waals surface area contributed by atoms with Crippen LogP contribution in [0.3, 0.4) is 0 Å². The summed E-state index contributed by atoms with van der Waals surface area (Å²) in [5, 5.41) is 14.0. The lowest BCUT2D eigenvalue weighted by Crippen LogP contribution is -2.38. The van der Waals surface area contributed by atoms with Gasteiger partial charge in [0.2, 0.25) is 0 Å². The number of carbonyl (C=O) groups is 1. The van der Waals surface area contributed by atoms with Crippen molar-refractivity contribution in [3.63, 3.8) is 0 Å². The van der Waals surface area contributed by atoms with Gasteiger partial charge in [-0.3, -0.25) is 14.4 Å². The Morgan fingerprint density at radius 3 is 2.89 bits per heavy atom. The number of carboxylic acids is 1. The molecule has 2 heterocycles. The largest absolute Gasteiger partial charge is 0.481 e. The Morgan fingerprint density at radius 1 is 1.61 bits per heavy atom. The lowest BCUT2D eigenvalue weighted by Gasteiger charge is -2.30. The van der Waals surface area contributed by atoms with Crippen molar-refractivity contribution in [2.24, 2.45) is 13.0 Å². The maximum Gasteiger partial charge on any atom is 0.307 e. The van der Waals surface area contributed by atoms with E-state index in [0.29, 0.717) is 18.1 Å². The maximum atomic E-state index is 11.0. The van der Waals surface area contributed by atoms with Gasteiger partial charge in [-0.2, -0.15) is 5.10 Å². The summed E-state index contributed by atoms with van der Waals surface area (Å²) in [4.78, 5) is 13.2. The van der Waals surface area contributed by atoms with Crippen molar-refractivity contribution in [3.8, 4) is 0 Å². The number of aromatic nitrogens is 2. The molecule has 1 unspecified atom stereocenters. The Bertz CT molecular complexity index is 458. The zero-order chi connectivity index (χ0) is 13.3. The third-order valence-corrected chi connectivity index (χ3v) is 3.98. The maximum absolute atomic E-state index is 11.0. The number of rotatable bonds is 3. The first-order valence-corrected chi connectivity index (χ1v) is 6.50. The number of aryl methyl sites for hydroxylation is 2. The average Bonchev–Trinajstić information content (AvgIpc) is 2.56. The van der Waals surface area contributed by atoms with Crippen molar-refractivity contribution >= 4 is 17.6 Å². The molecule has 0 spiro atoms. The van der Waals surface area contributed by atoms with E-state index in [0.717, 1.165) is 30.8 Å². The van der Waals surface area contributed by atoms with E-state index in [1.54, 1.807) is 4.68 Å². The molecule has 5 nitrogen and oxygen atoms in total. The number of hydrogen-bond acceptors (Lipinski definition) is 3. The third kappa shape index (κ3) is 2.67. The molecule has 2 rings (SSSR count). The molecule has 1 N–H and O–H groups in total. The van der Waals surface area contributed by atoms with E-state index in [9.17, 15) is 4.79 Å². The Kier molecular flexibility index (Phi) is 3.92. The molecule has 0 aromatic carbocycles. The molecule has 1 fully saturated rings. The van der Waals surface area contributed by atoms with Crippen molar-refractivity contribution in [1.29, 1.82) is 0 Å². The zero-order valence-corrected chi connectivity index (χ0v) is 11.4. The van der Waals surface area contributed by atoms with Crippen LogP contribution < -0.4 is 0 Å². The molecule has 6 heteroatoms. The summed E-state index contributed by atoms with van der Waals surface area (Å²) in [5.74, 6) is -0.959. The summed E-state index contributed by atoms with van der Waals surface area (Å²) in [7, 11) is 1.87. The average molecular weight is 272 g/mol. The summed E-state index contributed by atoms with van der Waals surface area (Å²) in [6.45, 7) is 4.06. The van der Waals surface area contributed by atoms with E-state index in [2.05, 4.69) is 10.00 Å². The summed E-state index contributed by atoms with van der Waals surface area (Å²) < 4.78 is 1.78. The molecule has 1 aromatic rings. The highest BCUT2D eigenvalue weighted by molar-refractivity contribution is 6.31. The molecule has 0 radical (unpaired) electrons. The van der Waals surface area contributed by atoms with Gasteiger partial charge < -0.3 is 5.11 Å². The van der Waals surface area contributed by atoms with Gasteiger partial charge in [-0.15, -0.1) is 0 Å². The predicted molar refractivity (Wildman–Crippen MR) is 68.6 cm³/mol.